The van der Waals surface area contributed by atoms with E-state index >= 15 is 0 Å². The van der Waals surface area contributed by atoms with Crippen molar-refractivity contribution in [2.24, 2.45) is 0 Å². The van der Waals surface area contributed by atoms with E-state index < -0.39 is 16.9 Å². The molecule has 30 heavy (non-hydrogen) atoms. The highest BCUT2D eigenvalue weighted by Gasteiger charge is 2.20. The first-order valence-corrected chi connectivity index (χ1v) is 9.79. The highest BCUT2D eigenvalue weighted by Crippen LogP contribution is 2.23. The quantitative estimate of drug-likeness (QED) is 0.347. The van der Waals surface area contributed by atoms with Crippen LogP contribution in [-0.2, 0) is 14.3 Å². The van der Waals surface area contributed by atoms with E-state index in [1.165, 1.54) is 6.07 Å². The fourth-order valence-electron chi connectivity index (χ4n) is 2.89. The molecule has 8 nitrogen and oxygen atoms in total. The monoisotopic (exact) mass is 413 g/mol. The average Bonchev–Trinajstić information content (AvgIpc) is 2.67. The number of benzene rings is 2. The molecule has 0 bridgehead atoms. The summed E-state index contributed by atoms with van der Waals surface area (Å²) in [5, 5.41) is 16.9. The van der Waals surface area contributed by atoms with Crippen molar-refractivity contribution < 1.29 is 19.2 Å². The summed E-state index contributed by atoms with van der Waals surface area (Å²) in [6.45, 7) is 5.71. The third-order valence-electron chi connectivity index (χ3n) is 4.32. The number of rotatable bonds is 10. The molecule has 0 heterocycles. The van der Waals surface area contributed by atoms with E-state index in [0.29, 0.717) is 5.69 Å². The van der Waals surface area contributed by atoms with Crippen LogP contribution in [0.5, 0.6) is 0 Å². The first-order chi connectivity index (χ1) is 14.3. The van der Waals surface area contributed by atoms with E-state index in [9.17, 15) is 19.7 Å². The number of aryl methyl sites for hydroxylation is 1. The second kappa shape index (κ2) is 10.9. The van der Waals surface area contributed by atoms with E-state index in [4.69, 9.17) is 4.74 Å². The van der Waals surface area contributed by atoms with Crippen LogP contribution in [0.4, 0.5) is 11.4 Å². The lowest BCUT2D eigenvalue weighted by Crippen LogP contribution is -2.32. The number of nitro groups is 1. The topological polar surface area (TPSA) is 111 Å². The third-order valence-corrected chi connectivity index (χ3v) is 4.32. The first-order valence-electron chi connectivity index (χ1n) is 9.79. The van der Waals surface area contributed by atoms with Crippen molar-refractivity contribution >= 4 is 23.3 Å². The number of hydrogen-bond acceptors (Lipinski definition) is 6. The summed E-state index contributed by atoms with van der Waals surface area (Å²) in [6.07, 6.45) is -0.129. The van der Waals surface area contributed by atoms with Gasteiger partial charge in [-0.05, 0) is 32.4 Å². The van der Waals surface area contributed by atoms with Crippen LogP contribution < -0.4 is 10.6 Å². The normalized spacial score (nSPS) is 11.6. The number of hydrogen-bond donors (Lipinski definition) is 2. The molecule has 0 aliphatic heterocycles. The molecule has 2 aromatic carbocycles. The lowest BCUT2D eigenvalue weighted by molar-refractivity contribution is -0.384. The molecule has 2 N–H and O–H groups in total. The van der Waals surface area contributed by atoms with Gasteiger partial charge in [0, 0.05) is 19.0 Å². The minimum Gasteiger partial charge on any atom is -0.463 e. The van der Waals surface area contributed by atoms with Gasteiger partial charge in [-0.15, -0.1) is 0 Å². The summed E-state index contributed by atoms with van der Waals surface area (Å²) >= 11 is 0. The van der Waals surface area contributed by atoms with Gasteiger partial charge in [-0.2, -0.15) is 0 Å². The number of carbonyl (C=O) groups excluding carboxylic acids is 2. The number of nitrogens with one attached hydrogen (secondary N) is 2. The summed E-state index contributed by atoms with van der Waals surface area (Å²) in [5.41, 5.74) is 2.18. The summed E-state index contributed by atoms with van der Waals surface area (Å²) in [6, 6.07) is 13.3. The van der Waals surface area contributed by atoms with Gasteiger partial charge in [-0.3, -0.25) is 19.7 Å². The van der Waals surface area contributed by atoms with Crippen LogP contribution in [0.25, 0.3) is 0 Å². The van der Waals surface area contributed by atoms with Crippen LogP contribution in [0.2, 0.25) is 0 Å². The van der Waals surface area contributed by atoms with E-state index in [2.05, 4.69) is 10.6 Å². The van der Waals surface area contributed by atoms with Crippen LogP contribution in [-0.4, -0.2) is 29.4 Å². The lowest BCUT2D eigenvalue weighted by atomic mass is 10.0. The molecule has 2 rings (SSSR count). The zero-order valence-electron chi connectivity index (χ0n) is 17.4. The molecule has 1 amide bonds. The molecule has 1 unspecified atom stereocenters. The fraction of sp³-hybridized carbons (Fsp3) is 0.364. The number of anilines is 1. The first kappa shape index (κ1) is 22.9. The number of ether oxygens (including phenoxy) is 1. The second-order valence-corrected chi connectivity index (χ2v) is 7.22. The number of amides is 1. The number of para-hydroxylation sites is 2. The van der Waals surface area contributed by atoms with Crippen molar-refractivity contribution in [3.8, 4) is 0 Å². The molecule has 0 spiro atoms. The summed E-state index contributed by atoms with van der Waals surface area (Å²) in [7, 11) is 0. The molecule has 0 aliphatic carbocycles. The van der Waals surface area contributed by atoms with Gasteiger partial charge in [0.2, 0.25) is 5.91 Å². The molecule has 8 heteroatoms. The maximum Gasteiger partial charge on any atom is 0.308 e. The molecule has 0 aromatic heterocycles. The van der Waals surface area contributed by atoms with Crippen molar-refractivity contribution in [1.29, 1.82) is 0 Å². The maximum absolute atomic E-state index is 12.5. The van der Waals surface area contributed by atoms with Crippen molar-refractivity contribution in [2.45, 2.75) is 45.8 Å². The highest BCUT2D eigenvalue weighted by molar-refractivity contribution is 5.78. The van der Waals surface area contributed by atoms with Crippen molar-refractivity contribution in [1.82, 2.24) is 5.32 Å². The molecule has 0 saturated carbocycles. The van der Waals surface area contributed by atoms with Crippen LogP contribution >= 0.6 is 0 Å². The van der Waals surface area contributed by atoms with Crippen molar-refractivity contribution in [3.63, 3.8) is 0 Å². The van der Waals surface area contributed by atoms with Gasteiger partial charge >= 0.3 is 5.97 Å². The predicted molar refractivity (Wildman–Crippen MR) is 114 cm³/mol. The molecule has 160 valence electrons. The Morgan fingerprint density at radius 2 is 1.77 bits per heavy atom. The smallest absolute Gasteiger partial charge is 0.308 e. The average molecular weight is 413 g/mol. The number of carbonyl (C=O) groups is 2. The zero-order valence-corrected chi connectivity index (χ0v) is 17.4. The van der Waals surface area contributed by atoms with E-state index in [1.807, 2.05) is 31.2 Å². The maximum atomic E-state index is 12.5. The minimum absolute atomic E-state index is 0.0184. The van der Waals surface area contributed by atoms with Crippen LogP contribution in [0.3, 0.4) is 0 Å². The Balaban J connectivity index is 1.99. The van der Waals surface area contributed by atoms with Crippen LogP contribution in [0, 0.1) is 17.0 Å². The van der Waals surface area contributed by atoms with Gasteiger partial charge in [0.25, 0.3) is 5.69 Å². The van der Waals surface area contributed by atoms with Gasteiger partial charge < -0.3 is 15.4 Å². The van der Waals surface area contributed by atoms with E-state index in [1.54, 1.807) is 32.0 Å². The Hall–Kier alpha value is -3.42. The van der Waals surface area contributed by atoms with Gasteiger partial charge in [-0.1, -0.05) is 42.0 Å². The molecule has 1 atom stereocenters. The Morgan fingerprint density at radius 1 is 1.10 bits per heavy atom. The molecular formula is C22H27N3O5. The van der Waals surface area contributed by atoms with E-state index in [-0.39, 0.29) is 37.1 Å². The Labute approximate surface area is 175 Å². The van der Waals surface area contributed by atoms with Gasteiger partial charge in [-0.25, -0.2) is 0 Å². The van der Waals surface area contributed by atoms with Gasteiger partial charge in [0.1, 0.15) is 5.69 Å². The molecular weight excluding hydrogens is 386 g/mol. The Morgan fingerprint density at radius 3 is 2.40 bits per heavy atom. The van der Waals surface area contributed by atoms with Crippen molar-refractivity contribution in [2.75, 3.05) is 11.9 Å². The highest BCUT2D eigenvalue weighted by atomic mass is 16.6. The lowest BCUT2D eigenvalue weighted by Gasteiger charge is -2.20. The molecule has 0 saturated heterocycles. The summed E-state index contributed by atoms with van der Waals surface area (Å²) in [4.78, 5) is 35.2. The largest absolute Gasteiger partial charge is 0.463 e. The third kappa shape index (κ3) is 7.20. The van der Waals surface area contributed by atoms with Crippen molar-refractivity contribution in [3.05, 3.63) is 69.8 Å². The minimum atomic E-state index is -0.518. The van der Waals surface area contributed by atoms with Crippen LogP contribution in [0.1, 0.15) is 43.9 Å². The molecule has 2 aromatic rings. The standard InChI is InChI=1S/C22H27N3O5/c1-15(2)30-22(27)14-19(17-10-8-16(3)9-11-17)24-21(26)12-13-23-18-6-4-5-7-20(18)25(28)29/h4-11,15,19,23H,12-14H2,1-3H3,(H,24,26). The number of nitro benzene ring substituents is 1. The second-order valence-electron chi connectivity index (χ2n) is 7.22. The molecule has 0 aliphatic rings. The van der Waals surface area contributed by atoms with Gasteiger partial charge in [0.15, 0.2) is 0 Å². The van der Waals surface area contributed by atoms with Gasteiger partial charge in [0.05, 0.1) is 23.5 Å². The Kier molecular flexibility index (Phi) is 8.34. The Bertz CT molecular complexity index is 881. The SMILES string of the molecule is Cc1ccc(C(CC(=O)OC(C)C)NC(=O)CCNc2ccccc2[N+](=O)[O-])cc1. The number of nitrogens with zero attached hydrogens (tertiary/aromatic N) is 1. The van der Waals surface area contributed by atoms with E-state index in [0.717, 1.165) is 11.1 Å². The fourth-order valence-corrected chi connectivity index (χ4v) is 2.89. The molecule has 0 radical (unpaired) electrons. The van der Waals surface area contributed by atoms with Crippen LogP contribution in [0.15, 0.2) is 48.5 Å². The summed E-state index contributed by atoms with van der Waals surface area (Å²) < 4.78 is 5.22. The predicted octanol–water partition coefficient (Wildman–Crippen LogP) is 3.90. The zero-order chi connectivity index (χ0) is 22.1. The number of esters is 1. The summed E-state index contributed by atoms with van der Waals surface area (Å²) in [5.74, 6) is -0.669. The molecule has 0 fully saturated rings.